The van der Waals surface area contributed by atoms with E-state index in [0.717, 1.165) is 4.47 Å². The van der Waals surface area contributed by atoms with Crippen molar-refractivity contribution in [2.75, 3.05) is 0 Å². The second-order valence-corrected chi connectivity index (χ2v) is 5.03. The van der Waals surface area contributed by atoms with E-state index in [4.69, 9.17) is 5.73 Å². The normalized spacial score (nSPS) is 17.1. The molecule has 0 bridgehead atoms. The fourth-order valence-corrected chi connectivity index (χ4v) is 1.94. The zero-order chi connectivity index (χ0) is 11.4. The van der Waals surface area contributed by atoms with E-state index in [1.807, 2.05) is 19.1 Å². The first-order valence-electron chi connectivity index (χ1n) is 5.20. The Labute approximate surface area is 99.6 Å². The van der Waals surface area contributed by atoms with Crippen LogP contribution in [0.3, 0.4) is 0 Å². The van der Waals surface area contributed by atoms with Crippen molar-refractivity contribution < 1.29 is 5.11 Å². The standard InChI is InChI=1S/C12H18BrNO/c1-8(6-12(15)9(2)14)10-4-3-5-11(13)7-10/h3-5,7-9,12,15H,6,14H2,1-2H3. The summed E-state index contributed by atoms with van der Waals surface area (Å²) < 4.78 is 1.07. The molecule has 3 atom stereocenters. The predicted octanol–water partition coefficient (Wildman–Crippen LogP) is 2.65. The highest BCUT2D eigenvalue weighted by Gasteiger charge is 2.15. The molecular weight excluding hydrogens is 254 g/mol. The van der Waals surface area contributed by atoms with Crippen LogP contribution in [0.1, 0.15) is 31.7 Å². The minimum Gasteiger partial charge on any atom is -0.392 e. The Hall–Kier alpha value is -0.380. The van der Waals surface area contributed by atoms with Gasteiger partial charge in [-0.15, -0.1) is 0 Å². The molecule has 0 heterocycles. The Kier molecular flexibility index (Phi) is 4.77. The van der Waals surface area contributed by atoms with Gasteiger partial charge in [0, 0.05) is 10.5 Å². The fourth-order valence-electron chi connectivity index (χ4n) is 1.53. The lowest BCUT2D eigenvalue weighted by Crippen LogP contribution is -2.32. The highest BCUT2D eigenvalue weighted by Crippen LogP contribution is 2.24. The minimum absolute atomic E-state index is 0.167. The van der Waals surface area contributed by atoms with Gasteiger partial charge >= 0.3 is 0 Å². The van der Waals surface area contributed by atoms with Gasteiger partial charge in [0.2, 0.25) is 0 Å². The summed E-state index contributed by atoms with van der Waals surface area (Å²) >= 11 is 3.44. The van der Waals surface area contributed by atoms with E-state index in [-0.39, 0.29) is 6.04 Å². The Morgan fingerprint density at radius 2 is 2.07 bits per heavy atom. The van der Waals surface area contributed by atoms with E-state index >= 15 is 0 Å². The summed E-state index contributed by atoms with van der Waals surface area (Å²) in [6.07, 6.45) is 0.271. The number of benzene rings is 1. The number of aliphatic hydroxyl groups is 1. The lowest BCUT2D eigenvalue weighted by atomic mass is 9.93. The van der Waals surface area contributed by atoms with Crippen molar-refractivity contribution >= 4 is 15.9 Å². The first kappa shape index (κ1) is 12.7. The van der Waals surface area contributed by atoms with Gasteiger partial charge in [0.1, 0.15) is 0 Å². The van der Waals surface area contributed by atoms with Crippen molar-refractivity contribution in [1.82, 2.24) is 0 Å². The van der Waals surface area contributed by atoms with Crippen LogP contribution in [0.5, 0.6) is 0 Å². The average Bonchev–Trinajstić information content (AvgIpc) is 2.17. The summed E-state index contributed by atoms with van der Waals surface area (Å²) in [7, 11) is 0. The molecule has 0 radical (unpaired) electrons. The monoisotopic (exact) mass is 271 g/mol. The summed E-state index contributed by atoms with van der Waals surface area (Å²) in [6, 6.07) is 7.99. The van der Waals surface area contributed by atoms with Gasteiger partial charge < -0.3 is 10.8 Å². The molecule has 0 aliphatic rings. The van der Waals surface area contributed by atoms with Crippen LogP contribution < -0.4 is 5.73 Å². The molecule has 1 rings (SSSR count). The van der Waals surface area contributed by atoms with Gasteiger partial charge in [0.05, 0.1) is 6.10 Å². The predicted molar refractivity (Wildman–Crippen MR) is 66.8 cm³/mol. The highest BCUT2D eigenvalue weighted by atomic mass is 79.9. The molecule has 0 aliphatic heterocycles. The largest absolute Gasteiger partial charge is 0.392 e. The first-order chi connectivity index (χ1) is 7.00. The van der Waals surface area contributed by atoms with Crippen LogP contribution in [-0.4, -0.2) is 17.3 Å². The van der Waals surface area contributed by atoms with Gasteiger partial charge in [-0.25, -0.2) is 0 Å². The highest BCUT2D eigenvalue weighted by molar-refractivity contribution is 9.10. The summed E-state index contributed by atoms with van der Waals surface area (Å²) in [5.74, 6) is 0.323. The molecule has 0 aromatic heterocycles. The van der Waals surface area contributed by atoms with E-state index in [1.54, 1.807) is 0 Å². The third-order valence-corrected chi connectivity index (χ3v) is 3.11. The maximum atomic E-state index is 9.69. The maximum absolute atomic E-state index is 9.69. The number of hydrogen-bond donors (Lipinski definition) is 2. The molecule has 1 aromatic rings. The van der Waals surface area contributed by atoms with Crippen LogP contribution >= 0.6 is 15.9 Å². The molecule has 0 amide bonds. The third-order valence-electron chi connectivity index (χ3n) is 2.62. The zero-order valence-electron chi connectivity index (χ0n) is 9.15. The van der Waals surface area contributed by atoms with Gasteiger partial charge in [-0.3, -0.25) is 0 Å². The number of rotatable bonds is 4. The number of hydrogen-bond acceptors (Lipinski definition) is 2. The molecule has 1 aromatic carbocycles. The SMILES string of the molecule is CC(CC(O)C(C)N)c1cccc(Br)c1. The molecule has 0 saturated heterocycles. The summed E-state index contributed by atoms with van der Waals surface area (Å²) in [6.45, 7) is 3.94. The van der Waals surface area contributed by atoms with Crippen molar-refractivity contribution in [3.63, 3.8) is 0 Å². The van der Waals surface area contributed by atoms with Crippen LogP contribution in [0.25, 0.3) is 0 Å². The van der Waals surface area contributed by atoms with Crippen LogP contribution in [0.15, 0.2) is 28.7 Å². The molecule has 3 N–H and O–H groups in total. The summed E-state index contributed by atoms with van der Waals surface area (Å²) in [4.78, 5) is 0. The van der Waals surface area contributed by atoms with E-state index in [2.05, 4.69) is 35.0 Å². The zero-order valence-corrected chi connectivity index (χ0v) is 10.7. The fraction of sp³-hybridized carbons (Fsp3) is 0.500. The lowest BCUT2D eigenvalue weighted by molar-refractivity contribution is 0.134. The molecule has 84 valence electrons. The summed E-state index contributed by atoms with van der Waals surface area (Å²) in [5.41, 5.74) is 6.86. The number of aliphatic hydroxyl groups excluding tert-OH is 1. The van der Waals surface area contributed by atoms with E-state index < -0.39 is 6.10 Å². The van der Waals surface area contributed by atoms with Crippen LogP contribution in [0, 0.1) is 0 Å². The Bertz CT molecular complexity index is 314. The Morgan fingerprint density at radius 3 is 2.60 bits per heavy atom. The second-order valence-electron chi connectivity index (χ2n) is 4.12. The maximum Gasteiger partial charge on any atom is 0.0694 e. The quantitative estimate of drug-likeness (QED) is 0.885. The van der Waals surface area contributed by atoms with Crippen molar-refractivity contribution in [3.8, 4) is 0 Å². The van der Waals surface area contributed by atoms with E-state index in [0.29, 0.717) is 12.3 Å². The molecular formula is C12H18BrNO. The van der Waals surface area contributed by atoms with Gasteiger partial charge in [-0.2, -0.15) is 0 Å². The lowest BCUT2D eigenvalue weighted by Gasteiger charge is -2.19. The molecule has 0 fully saturated rings. The average molecular weight is 272 g/mol. The number of halogens is 1. The van der Waals surface area contributed by atoms with Crippen molar-refractivity contribution in [2.24, 2.45) is 5.73 Å². The molecule has 15 heavy (non-hydrogen) atoms. The van der Waals surface area contributed by atoms with E-state index in [9.17, 15) is 5.11 Å². The van der Waals surface area contributed by atoms with Crippen molar-refractivity contribution in [2.45, 2.75) is 38.3 Å². The van der Waals surface area contributed by atoms with Crippen LogP contribution in [-0.2, 0) is 0 Å². The molecule has 0 spiro atoms. The molecule has 3 heteroatoms. The molecule has 0 saturated carbocycles. The summed E-state index contributed by atoms with van der Waals surface area (Å²) in [5, 5.41) is 9.69. The van der Waals surface area contributed by atoms with Gasteiger partial charge in [-0.05, 0) is 37.0 Å². The van der Waals surface area contributed by atoms with E-state index in [1.165, 1.54) is 5.56 Å². The number of nitrogens with two attached hydrogens (primary N) is 1. The van der Waals surface area contributed by atoms with Crippen LogP contribution in [0.2, 0.25) is 0 Å². The Morgan fingerprint density at radius 1 is 1.40 bits per heavy atom. The van der Waals surface area contributed by atoms with Crippen LogP contribution in [0.4, 0.5) is 0 Å². The molecule has 3 unspecified atom stereocenters. The molecule has 2 nitrogen and oxygen atoms in total. The smallest absolute Gasteiger partial charge is 0.0694 e. The minimum atomic E-state index is -0.431. The van der Waals surface area contributed by atoms with Crippen molar-refractivity contribution in [3.05, 3.63) is 34.3 Å². The topological polar surface area (TPSA) is 46.2 Å². The first-order valence-corrected chi connectivity index (χ1v) is 5.99. The molecule has 0 aliphatic carbocycles. The van der Waals surface area contributed by atoms with Gasteiger partial charge in [0.25, 0.3) is 0 Å². The van der Waals surface area contributed by atoms with Crippen molar-refractivity contribution in [1.29, 1.82) is 0 Å². The van der Waals surface area contributed by atoms with Gasteiger partial charge in [0.15, 0.2) is 0 Å². The Balaban J connectivity index is 2.64. The second kappa shape index (κ2) is 5.64. The third kappa shape index (κ3) is 3.93. The van der Waals surface area contributed by atoms with Gasteiger partial charge in [-0.1, -0.05) is 35.0 Å².